The van der Waals surface area contributed by atoms with Crippen molar-refractivity contribution in [1.82, 2.24) is 0 Å². The van der Waals surface area contributed by atoms with E-state index in [4.69, 9.17) is 9.84 Å². The summed E-state index contributed by atoms with van der Waals surface area (Å²) in [5.74, 6) is -0.441. The average molecular weight is 345 g/mol. The summed E-state index contributed by atoms with van der Waals surface area (Å²) >= 11 is 3.34. The Hall–Kier alpha value is -2.40. The molecule has 0 saturated heterocycles. The smallest absolute Gasteiger partial charge is 0.335 e. The predicted molar refractivity (Wildman–Crippen MR) is 80.5 cm³/mol. The van der Waals surface area contributed by atoms with Crippen molar-refractivity contribution in [2.75, 3.05) is 0 Å². The van der Waals surface area contributed by atoms with Crippen molar-refractivity contribution in [1.29, 1.82) is 0 Å². The molecule has 0 aromatic heterocycles. The molecule has 0 atom stereocenters. The molecule has 2 aromatic carbocycles. The van der Waals surface area contributed by atoms with Crippen molar-refractivity contribution in [2.45, 2.75) is 0 Å². The Morgan fingerprint density at radius 2 is 1.86 bits per heavy atom. The van der Waals surface area contributed by atoms with Gasteiger partial charge in [0.2, 0.25) is 5.78 Å². The summed E-state index contributed by atoms with van der Waals surface area (Å²) in [4.78, 5) is 23.0. The lowest BCUT2D eigenvalue weighted by molar-refractivity contribution is 0.0696. The van der Waals surface area contributed by atoms with E-state index in [9.17, 15) is 9.59 Å². The number of ether oxygens (including phenoxy) is 1. The molecule has 0 radical (unpaired) electrons. The molecule has 21 heavy (non-hydrogen) atoms. The summed E-state index contributed by atoms with van der Waals surface area (Å²) in [6.07, 6.45) is 1.60. The van der Waals surface area contributed by atoms with E-state index in [2.05, 4.69) is 15.9 Å². The van der Waals surface area contributed by atoms with E-state index in [0.29, 0.717) is 16.9 Å². The third-order valence-electron chi connectivity index (χ3n) is 3.10. The van der Waals surface area contributed by atoms with Gasteiger partial charge < -0.3 is 9.84 Å². The molecular weight excluding hydrogens is 336 g/mol. The zero-order valence-corrected chi connectivity index (χ0v) is 12.3. The minimum Gasteiger partial charge on any atom is -0.478 e. The normalized spacial score (nSPS) is 14.9. The lowest BCUT2D eigenvalue weighted by Crippen LogP contribution is -1.98. The van der Waals surface area contributed by atoms with Crippen molar-refractivity contribution in [3.8, 4) is 5.75 Å². The number of para-hydroxylation sites is 1. The molecule has 0 amide bonds. The second kappa shape index (κ2) is 5.18. The molecule has 0 spiro atoms. The molecule has 0 unspecified atom stereocenters. The zero-order chi connectivity index (χ0) is 15.0. The van der Waals surface area contributed by atoms with Crippen molar-refractivity contribution < 1.29 is 19.4 Å². The molecule has 1 heterocycles. The Morgan fingerprint density at radius 1 is 1.14 bits per heavy atom. The summed E-state index contributed by atoms with van der Waals surface area (Å²) < 4.78 is 6.30. The van der Waals surface area contributed by atoms with Crippen LogP contribution in [0.2, 0.25) is 0 Å². The van der Waals surface area contributed by atoms with Gasteiger partial charge in [0.15, 0.2) is 11.5 Å². The Kier molecular flexibility index (Phi) is 3.35. The number of hydrogen-bond donors (Lipinski definition) is 1. The van der Waals surface area contributed by atoms with Gasteiger partial charge in [-0.1, -0.05) is 18.2 Å². The number of rotatable bonds is 2. The minimum absolute atomic E-state index is 0.186. The summed E-state index contributed by atoms with van der Waals surface area (Å²) in [5.41, 5.74) is 1.41. The van der Waals surface area contributed by atoms with Gasteiger partial charge in [-0.3, -0.25) is 4.79 Å². The van der Waals surface area contributed by atoms with Gasteiger partial charge in [-0.25, -0.2) is 4.79 Å². The Morgan fingerprint density at radius 3 is 2.48 bits per heavy atom. The number of fused-ring (bicyclic) bond motifs is 1. The topological polar surface area (TPSA) is 63.6 Å². The van der Waals surface area contributed by atoms with Crippen LogP contribution in [0.4, 0.5) is 0 Å². The fourth-order valence-corrected chi connectivity index (χ4v) is 2.50. The zero-order valence-electron chi connectivity index (χ0n) is 10.7. The molecule has 0 saturated carbocycles. The molecule has 1 aliphatic rings. The number of Topliss-reactive ketones (excluding diaryl/α,β-unsaturated/α-hetero) is 1. The van der Waals surface area contributed by atoms with Gasteiger partial charge >= 0.3 is 5.97 Å². The minimum atomic E-state index is -0.987. The first-order valence-electron chi connectivity index (χ1n) is 6.12. The number of ketones is 1. The van der Waals surface area contributed by atoms with Gasteiger partial charge in [0.05, 0.1) is 15.6 Å². The van der Waals surface area contributed by atoms with Crippen molar-refractivity contribution in [2.24, 2.45) is 0 Å². The number of carboxylic acids is 1. The SMILES string of the molecule is O=C(O)c1ccc(C=C2Oc3c(Br)cccc3C2=O)cc1. The quantitative estimate of drug-likeness (QED) is 0.842. The van der Waals surface area contributed by atoms with Crippen LogP contribution in [-0.2, 0) is 0 Å². The third-order valence-corrected chi connectivity index (χ3v) is 3.73. The lowest BCUT2D eigenvalue weighted by atomic mass is 10.1. The highest BCUT2D eigenvalue weighted by molar-refractivity contribution is 9.10. The highest BCUT2D eigenvalue weighted by Gasteiger charge is 2.28. The van der Waals surface area contributed by atoms with Crippen LogP contribution in [0.25, 0.3) is 6.08 Å². The van der Waals surface area contributed by atoms with E-state index in [-0.39, 0.29) is 17.1 Å². The fourth-order valence-electron chi connectivity index (χ4n) is 2.05. The van der Waals surface area contributed by atoms with Crippen LogP contribution in [0, 0.1) is 0 Å². The number of carboxylic acid groups (broad SMARTS) is 1. The maximum Gasteiger partial charge on any atom is 0.335 e. The number of benzene rings is 2. The Bertz CT molecular complexity index is 775. The van der Waals surface area contributed by atoms with Crippen LogP contribution in [-0.4, -0.2) is 16.9 Å². The van der Waals surface area contributed by atoms with Crippen LogP contribution in [0.15, 0.2) is 52.7 Å². The lowest BCUT2D eigenvalue weighted by Gasteiger charge is -2.00. The molecule has 2 aromatic rings. The number of carbonyl (C=O) groups excluding carboxylic acids is 1. The maximum atomic E-state index is 12.2. The fraction of sp³-hybridized carbons (Fsp3) is 0. The molecule has 5 heteroatoms. The predicted octanol–water partition coefficient (Wildman–Crippen LogP) is 3.76. The number of aromatic carboxylic acids is 1. The number of hydrogen-bond acceptors (Lipinski definition) is 3. The van der Waals surface area contributed by atoms with E-state index in [1.54, 1.807) is 36.4 Å². The number of allylic oxidation sites excluding steroid dienone is 1. The Labute approximate surface area is 128 Å². The molecule has 104 valence electrons. The van der Waals surface area contributed by atoms with E-state index in [1.165, 1.54) is 12.1 Å². The third kappa shape index (κ3) is 2.48. The summed E-state index contributed by atoms with van der Waals surface area (Å²) in [5, 5.41) is 8.85. The first-order chi connectivity index (χ1) is 10.1. The molecule has 0 bridgehead atoms. The first-order valence-corrected chi connectivity index (χ1v) is 6.91. The highest BCUT2D eigenvalue weighted by Crippen LogP contribution is 2.37. The van der Waals surface area contributed by atoms with Gasteiger partial charge in [0, 0.05) is 0 Å². The van der Waals surface area contributed by atoms with E-state index in [1.807, 2.05) is 0 Å². The molecule has 1 N–H and O–H groups in total. The van der Waals surface area contributed by atoms with Crippen molar-refractivity contribution in [3.05, 3.63) is 69.4 Å². The van der Waals surface area contributed by atoms with Crippen LogP contribution >= 0.6 is 15.9 Å². The summed E-state index contributed by atoms with van der Waals surface area (Å²) in [7, 11) is 0. The molecule has 0 fully saturated rings. The standard InChI is InChI=1S/C16H9BrO4/c17-12-3-1-2-11-14(18)13(21-15(11)12)8-9-4-6-10(7-5-9)16(19)20/h1-8H,(H,19,20). The summed E-state index contributed by atoms with van der Waals surface area (Å²) in [6.45, 7) is 0. The molecule has 0 aliphatic carbocycles. The Balaban J connectivity index is 1.94. The largest absolute Gasteiger partial charge is 0.478 e. The maximum absolute atomic E-state index is 12.2. The van der Waals surface area contributed by atoms with Crippen molar-refractivity contribution >= 4 is 33.8 Å². The second-order valence-electron chi connectivity index (χ2n) is 4.48. The summed E-state index contributed by atoms with van der Waals surface area (Å²) in [6, 6.07) is 11.5. The van der Waals surface area contributed by atoms with Gasteiger partial charge in [0.1, 0.15) is 0 Å². The molecule has 4 nitrogen and oxygen atoms in total. The van der Waals surface area contributed by atoms with Crippen LogP contribution in [0.3, 0.4) is 0 Å². The number of halogens is 1. The highest BCUT2D eigenvalue weighted by atomic mass is 79.9. The monoisotopic (exact) mass is 344 g/mol. The average Bonchev–Trinajstić information content (AvgIpc) is 2.78. The van der Waals surface area contributed by atoms with E-state index < -0.39 is 5.97 Å². The molecule has 3 rings (SSSR count). The first kappa shape index (κ1) is 13.6. The van der Waals surface area contributed by atoms with E-state index in [0.717, 1.165) is 4.47 Å². The van der Waals surface area contributed by atoms with Crippen LogP contribution < -0.4 is 4.74 Å². The molecular formula is C16H9BrO4. The second-order valence-corrected chi connectivity index (χ2v) is 5.34. The van der Waals surface area contributed by atoms with Crippen LogP contribution in [0.5, 0.6) is 5.75 Å². The molecule has 1 aliphatic heterocycles. The van der Waals surface area contributed by atoms with Gasteiger partial charge in [-0.2, -0.15) is 0 Å². The van der Waals surface area contributed by atoms with Gasteiger partial charge in [-0.15, -0.1) is 0 Å². The number of carbonyl (C=O) groups is 2. The van der Waals surface area contributed by atoms with Crippen molar-refractivity contribution in [3.63, 3.8) is 0 Å². The van der Waals surface area contributed by atoms with E-state index >= 15 is 0 Å². The van der Waals surface area contributed by atoms with Crippen LogP contribution in [0.1, 0.15) is 26.3 Å². The van der Waals surface area contributed by atoms with Gasteiger partial charge in [-0.05, 0) is 51.8 Å². The van der Waals surface area contributed by atoms with Gasteiger partial charge in [0.25, 0.3) is 0 Å².